The van der Waals surface area contributed by atoms with Crippen molar-refractivity contribution in [1.29, 1.82) is 0 Å². The molecule has 0 fully saturated rings. The molecule has 96 valence electrons. The molecular formula is C13H21BrN2O. The van der Waals surface area contributed by atoms with Crippen molar-refractivity contribution < 1.29 is 4.74 Å². The van der Waals surface area contributed by atoms with E-state index in [1.54, 1.807) is 7.11 Å². The fourth-order valence-corrected chi connectivity index (χ4v) is 1.86. The van der Waals surface area contributed by atoms with Gasteiger partial charge in [0.05, 0.1) is 6.61 Å². The van der Waals surface area contributed by atoms with E-state index in [-0.39, 0.29) is 0 Å². The van der Waals surface area contributed by atoms with Crippen molar-refractivity contribution in [2.45, 2.75) is 20.8 Å². The standard InChI is InChI=1S/C13H21BrN2O/c1-10(2)9-16(5-6-17-4)13-7-11(3)12(14)8-15-13/h7-8,10H,5-6,9H2,1-4H3. The van der Waals surface area contributed by atoms with Gasteiger partial charge >= 0.3 is 0 Å². The molecule has 1 aromatic heterocycles. The van der Waals surface area contributed by atoms with Gasteiger partial charge in [0.2, 0.25) is 0 Å². The predicted molar refractivity (Wildman–Crippen MR) is 75.6 cm³/mol. The Morgan fingerprint density at radius 2 is 2.18 bits per heavy atom. The van der Waals surface area contributed by atoms with Crippen molar-refractivity contribution in [2.75, 3.05) is 31.7 Å². The van der Waals surface area contributed by atoms with E-state index in [2.05, 4.69) is 52.7 Å². The summed E-state index contributed by atoms with van der Waals surface area (Å²) in [5.41, 5.74) is 1.21. The predicted octanol–water partition coefficient (Wildman–Crippen LogP) is 3.26. The molecule has 0 aromatic carbocycles. The molecule has 0 bridgehead atoms. The molecule has 0 spiro atoms. The number of nitrogens with zero attached hydrogens (tertiary/aromatic N) is 2. The number of hydrogen-bond donors (Lipinski definition) is 0. The molecule has 0 N–H and O–H groups in total. The number of ether oxygens (including phenoxy) is 1. The summed E-state index contributed by atoms with van der Waals surface area (Å²) in [5, 5.41) is 0. The van der Waals surface area contributed by atoms with Gasteiger partial charge < -0.3 is 9.64 Å². The quantitative estimate of drug-likeness (QED) is 0.806. The van der Waals surface area contributed by atoms with Crippen LogP contribution < -0.4 is 4.90 Å². The first-order chi connectivity index (χ1) is 8.04. The van der Waals surface area contributed by atoms with Crippen LogP contribution in [-0.4, -0.2) is 31.8 Å². The van der Waals surface area contributed by atoms with Crippen molar-refractivity contribution in [3.8, 4) is 0 Å². The Morgan fingerprint density at radius 3 is 2.71 bits per heavy atom. The van der Waals surface area contributed by atoms with Crippen LogP contribution in [0.15, 0.2) is 16.7 Å². The lowest BCUT2D eigenvalue weighted by Gasteiger charge is -2.25. The summed E-state index contributed by atoms with van der Waals surface area (Å²) in [4.78, 5) is 6.74. The van der Waals surface area contributed by atoms with E-state index in [1.807, 2.05) is 6.20 Å². The van der Waals surface area contributed by atoms with Crippen molar-refractivity contribution in [3.05, 3.63) is 22.3 Å². The van der Waals surface area contributed by atoms with Gasteiger partial charge in [-0.1, -0.05) is 13.8 Å². The van der Waals surface area contributed by atoms with E-state index in [1.165, 1.54) is 5.56 Å². The molecule has 1 heterocycles. The van der Waals surface area contributed by atoms with Crippen molar-refractivity contribution in [1.82, 2.24) is 4.98 Å². The van der Waals surface area contributed by atoms with Crippen LogP contribution in [0.3, 0.4) is 0 Å². The summed E-state index contributed by atoms with van der Waals surface area (Å²) in [6, 6.07) is 2.11. The van der Waals surface area contributed by atoms with Crippen LogP contribution in [0.5, 0.6) is 0 Å². The van der Waals surface area contributed by atoms with Crippen LogP contribution >= 0.6 is 15.9 Å². The van der Waals surface area contributed by atoms with Crippen molar-refractivity contribution >= 4 is 21.7 Å². The molecule has 17 heavy (non-hydrogen) atoms. The van der Waals surface area contributed by atoms with Gasteiger partial charge in [-0.15, -0.1) is 0 Å². The minimum atomic E-state index is 0.609. The molecule has 0 saturated carbocycles. The summed E-state index contributed by atoms with van der Waals surface area (Å²) in [7, 11) is 1.73. The number of aromatic nitrogens is 1. The average Bonchev–Trinajstić information content (AvgIpc) is 2.27. The van der Waals surface area contributed by atoms with Crippen LogP contribution in [0.25, 0.3) is 0 Å². The number of halogens is 1. The summed E-state index contributed by atoms with van der Waals surface area (Å²) >= 11 is 3.48. The number of pyridine rings is 1. The first kappa shape index (κ1) is 14.5. The monoisotopic (exact) mass is 300 g/mol. The molecular weight excluding hydrogens is 280 g/mol. The zero-order valence-electron chi connectivity index (χ0n) is 11.0. The summed E-state index contributed by atoms with van der Waals surface area (Å²) in [5.74, 6) is 1.63. The SMILES string of the molecule is COCCN(CC(C)C)c1cc(C)c(Br)cn1. The van der Waals surface area contributed by atoms with E-state index >= 15 is 0 Å². The maximum absolute atomic E-state index is 5.15. The lowest BCUT2D eigenvalue weighted by atomic mass is 10.2. The minimum absolute atomic E-state index is 0.609. The van der Waals surface area contributed by atoms with E-state index in [9.17, 15) is 0 Å². The van der Waals surface area contributed by atoms with Crippen LogP contribution in [-0.2, 0) is 4.74 Å². The number of hydrogen-bond acceptors (Lipinski definition) is 3. The lowest BCUT2D eigenvalue weighted by Crippen LogP contribution is -2.31. The maximum Gasteiger partial charge on any atom is 0.128 e. The van der Waals surface area contributed by atoms with E-state index in [0.29, 0.717) is 5.92 Å². The van der Waals surface area contributed by atoms with E-state index in [0.717, 1.165) is 30.0 Å². The Hall–Kier alpha value is -0.610. The Morgan fingerprint density at radius 1 is 1.47 bits per heavy atom. The van der Waals surface area contributed by atoms with Gasteiger partial charge in [-0.2, -0.15) is 0 Å². The Bertz CT molecular complexity index is 355. The Labute approximate surface area is 112 Å². The van der Waals surface area contributed by atoms with Crippen LogP contribution in [0, 0.1) is 12.8 Å². The van der Waals surface area contributed by atoms with E-state index < -0.39 is 0 Å². The fourth-order valence-electron chi connectivity index (χ4n) is 1.64. The normalized spacial score (nSPS) is 10.9. The third-order valence-electron chi connectivity index (χ3n) is 2.51. The zero-order chi connectivity index (χ0) is 12.8. The fraction of sp³-hybridized carbons (Fsp3) is 0.615. The molecule has 3 nitrogen and oxygen atoms in total. The lowest BCUT2D eigenvalue weighted by molar-refractivity contribution is 0.204. The van der Waals surface area contributed by atoms with Gasteiger partial charge in [0.15, 0.2) is 0 Å². The first-order valence-electron chi connectivity index (χ1n) is 5.90. The minimum Gasteiger partial charge on any atom is -0.383 e. The zero-order valence-corrected chi connectivity index (χ0v) is 12.6. The molecule has 4 heteroatoms. The number of methoxy groups -OCH3 is 1. The molecule has 1 aromatic rings. The highest BCUT2D eigenvalue weighted by molar-refractivity contribution is 9.10. The van der Waals surface area contributed by atoms with E-state index in [4.69, 9.17) is 4.74 Å². The maximum atomic E-state index is 5.15. The number of anilines is 1. The summed E-state index contributed by atoms with van der Waals surface area (Å²) < 4.78 is 6.20. The van der Waals surface area contributed by atoms with Crippen LogP contribution in [0.2, 0.25) is 0 Å². The first-order valence-corrected chi connectivity index (χ1v) is 6.70. The van der Waals surface area contributed by atoms with Crippen molar-refractivity contribution in [2.24, 2.45) is 5.92 Å². The molecule has 0 aliphatic rings. The second kappa shape index (κ2) is 6.97. The smallest absolute Gasteiger partial charge is 0.128 e. The highest BCUT2D eigenvalue weighted by Crippen LogP contribution is 2.20. The molecule has 0 amide bonds. The van der Waals surface area contributed by atoms with Gasteiger partial charge in [-0.3, -0.25) is 0 Å². The Balaban J connectivity index is 2.83. The molecule has 0 atom stereocenters. The van der Waals surface area contributed by atoms with Gasteiger partial charge in [-0.25, -0.2) is 4.98 Å². The number of aryl methyl sites for hydroxylation is 1. The molecule has 1 rings (SSSR count). The summed E-state index contributed by atoms with van der Waals surface area (Å²) in [6.45, 7) is 9.11. The van der Waals surface area contributed by atoms with Crippen LogP contribution in [0.1, 0.15) is 19.4 Å². The third kappa shape index (κ3) is 4.64. The molecule has 0 unspecified atom stereocenters. The second-order valence-corrected chi connectivity index (χ2v) is 5.48. The molecule has 0 aliphatic carbocycles. The largest absolute Gasteiger partial charge is 0.383 e. The van der Waals surface area contributed by atoms with Gasteiger partial charge in [-0.05, 0) is 40.4 Å². The van der Waals surface area contributed by atoms with Crippen molar-refractivity contribution in [3.63, 3.8) is 0 Å². The topological polar surface area (TPSA) is 25.4 Å². The van der Waals surface area contributed by atoms with Crippen LogP contribution in [0.4, 0.5) is 5.82 Å². The molecule has 0 radical (unpaired) electrons. The summed E-state index contributed by atoms with van der Waals surface area (Å²) in [6.07, 6.45) is 1.87. The number of rotatable bonds is 6. The second-order valence-electron chi connectivity index (χ2n) is 4.62. The third-order valence-corrected chi connectivity index (χ3v) is 3.34. The highest BCUT2D eigenvalue weighted by atomic mass is 79.9. The molecule has 0 saturated heterocycles. The van der Waals surface area contributed by atoms with Gasteiger partial charge in [0.25, 0.3) is 0 Å². The molecule has 0 aliphatic heterocycles. The average molecular weight is 301 g/mol. The highest BCUT2D eigenvalue weighted by Gasteiger charge is 2.10. The van der Waals surface area contributed by atoms with Gasteiger partial charge in [0, 0.05) is 30.9 Å². The Kier molecular flexibility index (Phi) is 5.92. The van der Waals surface area contributed by atoms with Gasteiger partial charge in [0.1, 0.15) is 5.82 Å².